The number of rotatable bonds is 3. The van der Waals surface area contributed by atoms with Crippen molar-refractivity contribution in [2.45, 2.75) is 83.2 Å². The molecule has 2 heterocycles. The molecule has 3 nitrogen and oxygen atoms in total. The summed E-state index contributed by atoms with van der Waals surface area (Å²) in [6, 6.07) is 0.664. The molecule has 0 saturated heterocycles. The van der Waals surface area contributed by atoms with Gasteiger partial charge in [0.25, 0.3) is 0 Å². The van der Waals surface area contributed by atoms with Crippen molar-refractivity contribution in [2.24, 2.45) is 5.92 Å². The van der Waals surface area contributed by atoms with Gasteiger partial charge < -0.3 is 9.88 Å². The second-order valence-corrected chi connectivity index (χ2v) is 7.43. The van der Waals surface area contributed by atoms with Crippen LogP contribution in [-0.2, 0) is 13.0 Å². The van der Waals surface area contributed by atoms with Crippen LogP contribution in [0.25, 0.3) is 0 Å². The highest BCUT2D eigenvalue weighted by atomic mass is 15.1. The molecule has 0 bridgehead atoms. The zero-order valence-electron chi connectivity index (χ0n) is 13.4. The Bertz CT molecular complexity index is 493. The number of fused-ring (bicyclic) bond motifs is 1. The maximum Gasteiger partial charge on any atom is 0.112 e. The first-order chi connectivity index (χ1) is 10.3. The van der Waals surface area contributed by atoms with Crippen LogP contribution in [0, 0.1) is 5.92 Å². The van der Waals surface area contributed by atoms with Gasteiger partial charge in [-0.2, -0.15) is 0 Å². The van der Waals surface area contributed by atoms with E-state index >= 15 is 0 Å². The van der Waals surface area contributed by atoms with Gasteiger partial charge in [0.1, 0.15) is 5.82 Å². The first-order valence-corrected chi connectivity index (χ1v) is 9.15. The molecule has 116 valence electrons. The zero-order valence-corrected chi connectivity index (χ0v) is 13.4. The highest BCUT2D eigenvalue weighted by Gasteiger charge is 2.32. The molecule has 1 aromatic heterocycles. The lowest BCUT2D eigenvalue weighted by Crippen LogP contribution is -2.27. The first kappa shape index (κ1) is 13.8. The topological polar surface area (TPSA) is 29.9 Å². The molecule has 1 aromatic rings. The van der Waals surface area contributed by atoms with Crippen LogP contribution in [0.2, 0.25) is 0 Å². The molecule has 2 fully saturated rings. The Balaban J connectivity index is 1.72. The molecule has 1 unspecified atom stereocenters. The number of hydrogen-bond donors (Lipinski definition) is 1. The Hall–Kier alpha value is -0.830. The van der Waals surface area contributed by atoms with Crippen molar-refractivity contribution in [3.63, 3.8) is 0 Å². The predicted octanol–water partition coefficient (Wildman–Crippen LogP) is 3.94. The van der Waals surface area contributed by atoms with Crippen molar-refractivity contribution in [1.29, 1.82) is 0 Å². The Morgan fingerprint density at radius 1 is 1.10 bits per heavy atom. The Morgan fingerprint density at radius 2 is 1.81 bits per heavy atom. The molecule has 1 aliphatic heterocycles. The smallest absolute Gasteiger partial charge is 0.112 e. The molecule has 2 saturated carbocycles. The molecule has 0 aromatic carbocycles. The van der Waals surface area contributed by atoms with Crippen LogP contribution in [0.5, 0.6) is 0 Å². The summed E-state index contributed by atoms with van der Waals surface area (Å²) >= 11 is 0. The zero-order chi connectivity index (χ0) is 14.2. The van der Waals surface area contributed by atoms with Gasteiger partial charge in [-0.05, 0) is 38.5 Å². The molecular weight excluding hydrogens is 258 g/mol. The maximum atomic E-state index is 5.13. The lowest BCUT2D eigenvalue weighted by molar-refractivity contribution is 0.337. The van der Waals surface area contributed by atoms with Crippen LogP contribution in [0.15, 0.2) is 0 Å². The second-order valence-electron chi connectivity index (χ2n) is 7.43. The molecule has 21 heavy (non-hydrogen) atoms. The van der Waals surface area contributed by atoms with Crippen LogP contribution in [0.1, 0.15) is 87.5 Å². The monoisotopic (exact) mass is 287 g/mol. The van der Waals surface area contributed by atoms with Gasteiger partial charge in [0, 0.05) is 37.2 Å². The maximum absolute atomic E-state index is 5.13. The van der Waals surface area contributed by atoms with Gasteiger partial charge in [0.2, 0.25) is 0 Å². The Kier molecular flexibility index (Phi) is 3.78. The number of imidazole rings is 1. The number of nitrogens with zero attached hydrogens (tertiary/aromatic N) is 2. The molecule has 4 rings (SSSR count). The Labute approximate surface area is 128 Å². The van der Waals surface area contributed by atoms with Crippen molar-refractivity contribution >= 4 is 0 Å². The van der Waals surface area contributed by atoms with Crippen LogP contribution >= 0.6 is 0 Å². The van der Waals surface area contributed by atoms with E-state index in [1.165, 1.54) is 69.3 Å². The fourth-order valence-electron chi connectivity index (χ4n) is 4.93. The third-order valence-electron chi connectivity index (χ3n) is 6.16. The molecule has 3 aliphatic rings. The predicted molar refractivity (Wildman–Crippen MR) is 85.5 cm³/mol. The van der Waals surface area contributed by atoms with Crippen molar-refractivity contribution in [3.8, 4) is 0 Å². The summed E-state index contributed by atoms with van der Waals surface area (Å²) < 4.78 is 2.71. The third kappa shape index (κ3) is 2.44. The second kappa shape index (κ2) is 5.75. The van der Waals surface area contributed by atoms with Gasteiger partial charge >= 0.3 is 0 Å². The van der Waals surface area contributed by atoms with Crippen LogP contribution in [-0.4, -0.2) is 16.1 Å². The average molecular weight is 287 g/mol. The third-order valence-corrected chi connectivity index (χ3v) is 6.16. The molecule has 1 atom stereocenters. The van der Waals surface area contributed by atoms with E-state index in [1.54, 1.807) is 5.69 Å². The van der Waals surface area contributed by atoms with E-state index in [0.29, 0.717) is 6.04 Å². The van der Waals surface area contributed by atoms with Gasteiger partial charge in [0.05, 0.1) is 5.69 Å². The van der Waals surface area contributed by atoms with Gasteiger partial charge in [-0.1, -0.05) is 25.7 Å². The summed E-state index contributed by atoms with van der Waals surface area (Å²) in [4.78, 5) is 5.13. The normalized spacial score (nSPS) is 25.4. The molecule has 3 heteroatoms. The van der Waals surface area contributed by atoms with Crippen molar-refractivity contribution < 1.29 is 0 Å². The summed E-state index contributed by atoms with van der Waals surface area (Å²) in [5, 5.41) is 3.50. The van der Waals surface area contributed by atoms with E-state index in [9.17, 15) is 0 Å². The van der Waals surface area contributed by atoms with Crippen molar-refractivity contribution in [1.82, 2.24) is 14.9 Å². The first-order valence-electron chi connectivity index (χ1n) is 9.15. The van der Waals surface area contributed by atoms with E-state index in [4.69, 9.17) is 4.98 Å². The number of hydrogen-bond acceptors (Lipinski definition) is 2. The minimum absolute atomic E-state index is 0.664. The molecule has 0 spiro atoms. The van der Waals surface area contributed by atoms with E-state index in [0.717, 1.165) is 24.9 Å². The molecule has 1 N–H and O–H groups in total. The largest absolute Gasteiger partial charge is 0.328 e. The van der Waals surface area contributed by atoms with Crippen LogP contribution < -0.4 is 5.32 Å². The minimum atomic E-state index is 0.664. The van der Waals surface area contributed by atoms with Crippen molar-refractivity contribution in [3.05, 3.63) is 17.2 Å². The Morgan fingerprint density at radius 3 is 2.57 bits per heavy atom. The standard InChI is InChI=1S/C18H29N3/c1-13(14-6-2-3-7-14)21-17-10-11-19-12-16(17)20-18(21)15-8-4-5-9-15/h13-15,19H,2-12H2,1H3. The van der Waals surface area contributed by atoms with Gasteiger partial charge in [-0.3, -0.25) is 0 Å². The fraction of sp³-hybridized carbons (Fsp3) is 0.833. The fourth-order valence-corrected chi connectivity index (χ4v) is 4.93. The average Bonchev–Trinajstić information content (AvgIpc) is 3.25. The van der Waals surface area contributed by atoms with Crippen LogP contribution in [0.4, 0.5) is 0 Å². The van der Waals surface area contributed by atoms with E-state index in [1.807, 2.05) is 0 Å². The lowest BCUT2D eigenvalue weighted by atomic mass is 9.97. The van der Waals surface area contributed by atoms with E-state index in [2.05, 4.69) is 16.8 Å². The molecule has 0 amide bonds. The number of aromatic nitrogens is 2. The molecule has 2 aliphatic carbocycles. The summed E-state index contributed by atoms with van der Waals surface area (Å²) in [7, 11) is 0. The highest BCUT2D eigenvalue weighted by molar-refractivity contribution is 5.24. The van der Waals surface area contributed by atoms with E-state index in [-0.39, 0.29) is 0 Å². The minimum Gasteiger partial charge on any atom is -0.328 e. The highest BCUT2D eigenvalue weighted by Crippen LogP contribution is 2.41. The summed E-state index contributed by atoms with van der Waals surface area (Å²) in [6.45, 7) is 4.58. The SMILES string of the molecule is CC(C1CCCC1)n1c(C2CCCC2)nc2c1CCNC2. The summed E-state index contributed by atoms with van der Waals surface area (Å²) in [5.74, 6) is 3.07. The van der Waals surface area contributed by atoms with Crippen molar-refractivity contribution in [2.75, 3.05) is 6.54 Å². The van der Waals surface area contributed by atoms with Gasteiger partial charge in [-0.15, -0.1) is 0 Å². The lowest BCUT2D eigenvalue weighted by Gasteiger charge is -2.27. The van der Waals surface area contributed by atoms with Gasteiger partial charge in [0.15, 0.2) is 0 Å². The summed E-state index contributed by atoms with van der Waals surface area (Å²) in [5.41, 5.74) is 2.92. The summed E-state index contributed by atoms with van der Waals surface area (Å²) in [6.07, 6.45) is 12.4. The quantitative estimate of drug-likeness (QED) is 0.912. The van der Waals surface area contributed by atoms with Crippen LogP contribution in [0.3, 0.4) is 0 Å². The number of nitrogens with one attached hydrogen (secondary N) is 1. The molecule has 0 radical (unpaired) electrons. The van der Waals surface area contributed by atoms with Gasteiger partial charge in [-0.25, -0.2) is 4.98 Å². The van der Waals surface area contributed by atoms with E-state index < -0.39 is 0 Å². The molecular formula is C18H29N3.